The van der Waals surface area contributed by atoms with E-state index in [1.54, 1.807) is 21.7 Å². The van der Waals surface area contributed by atoms with Gasteiger partial charge in [-0.1, -0.05) is 29.8 Å². The molecular formula is C24H29ClN4O2. The van der Waals surface area contributed by atoms with E-state index in [0.717, 1.165) is 16.9 Å². The zero-order valence-corrected chi connectivity index (χ0v) is 19.3. The van der Waals surface area contributed by atoms with Crippen LogP contribution in [-0.2, 0) is 6.54 Å². The Morgan fingerprint density at radius 3 is 2.32 bits per heavy atom. The predicted octanol–water partition coefficient (Wildman–Crippen LogP) is 5.95. The Hall–Kier alpha value is -2.99. The van der Waals surface area contributed by atoms with Crippen molar-refractivity contribution in [3.05, 3.63) is 70.9 Å². The van der Waals surface area contributed by atoms with Crippen LogP contribution in [-0.4, -0.2) is 32.8 Å². The number of aryl methyl sites for hydroxylation is 1. The fourth-order valence-electron chi connectivity index (χ4n) is 3.17. The molecule has 0 saturated carbocycles. The van der Waals surface area contributed by atoms with Crippen molar-refractivity contribution in [1.29, 1.82) is 0 Å². The third kappa shape index (κ3) is 5.58. The zero-order valence-electron chi connectivity index (χ0n) is 18.6. The lowest BCUT2D eigenvalue weighted by Crippen LogP contribution is -2.45. The van der Waals surface area contributed by atoms with Crippen LogP contribution < -0.4 is 10.1 Å². The van der Waals surface area contributed by atoms with Crippen molar-refractivity contribution < 1.29 is 9.53 Å². The molecule has 0 aliphatic heterocycles. The van der Waals surface area contributed by atoms with E-state index in [1.165, 1.54) is 0 Å². The number of para-hydroxylation sites is 1. The fraction of sp³-hybridized carbons (Fsp3) is 0.333. The topological polar surface area (TPSA) is 59.4 Å². The van der Waals surface area contributed by atoms with Crippen molar-refractivity contribution in [2.24, 2.45) is 0 Å². The molecule has 0 unspecified atom stereocenters. The minimum atomic E-state index is -0.116. The van der Waals surface area contributed by atoms with E-state index in [4.69, 9.17) is 21.4 Å². The summed E-state index contributed by atoms with van der Waals surface area (Å²) in [7, 11) is 0. The highest BCUT2D eigenvalue weighted by Crippen LogP contribution is 2.32. The lowest BCUT2D eigenvalue weighted by Gasteiger charge is -2.28. The number of hydrogen-bond donors (Lipinski definition) is 1. The Morgan fingerprint density at radius 1 is 1.10 bits per heavy atom. The Morgan fingerprint density at radius 2 is 1.74 bits per heavy atom. The Bertz CT molecular complexity index is 1010. The summed E-state index contributed by atoms with van der Waals surface area (Å²) in [6.45, 7) is 10.2. The number of urea groups is 1. The first-order valence-electron chi connectivity index (χ1n) is 10.4. The smallest absolute Gasteiger partial charge is 0.318 e. The highest BCUT2D eigenvalue weighted by molar-refractivity contribution is 6.30. The Balaban J connectivity index is 2.04. The molecule has 1 heterocycles. The van der Waals surface area contributed by atoms with E-state index in [2.05, 4.69) is 5.32 Å². The molecule has 0 aliphatic rings. The number of amides is 2. The standard InChI is InChI=1S/C24H29ClN4O2/c1-16(2)26-24(30)28(17(3)4)15-22-18(5)27-29(20-9-7-6-8-10-20)23(22)31-21-13-11-19(25)12-14-21/h6-14,16-17H,15H2,1-5H3,(H,26,30). The number of nitrogens with zero attached hydrogens (tertiary/aromatic N) is 3. The molecule has 31 heavy (non-hydrogen) atoms. The van der Waals surface area contributed by atoms with E-state index in [-0.39, 0.29) is 18.1 Å². The molecule has 3 rings (SSSR count). The SMILES string of the molecule is Cc1nn(-c2ccccc2)c(Oc2ccc(Cl)cc2)c1CN(C(=O)NC(C)C)C(C)C. The molecule has 0 aliphatic carbocycles. The van der Waals surface area contributed by atoms with Crippen molar-refractivity contribution in [2.75, 3.05) is 0 Å². The van der Waals surface area contributed by atoms with Gasteiger partial charge in [-0.2, -0.15) is 5.10 Å². The second-order valence-corrected chi connectivity index (χ2v) is 8.43. The number of rotatable bonds is 7. The molecule has 3 aromatic rings. The third-order valence-electron chi connectivity index (χ3n) is 4.79. The quantitative estimate of drug-likeness (QED) is 0.493. The maximum Gasteiger partial charge on any atom is 0.318 e. The van der Waals surface area contributed by atoms with Gasteiger partial charge in [0.1, 0.15) is 5.75 Å². The summed E-state index contributed by atoms with van der Waals surface area (Å²) in [5, 5.41) is 8.35. The van der Waals surface area contributed by atoms with Gasteiger partial charge < -0.3 is 15.0 Å². The minimum Gasteiger partial charge on any atom is -0.439 e. The molecular weight excluding hydrogens is 412 g/mol. The van der Waals surface area contributed by atoms with Crippen LogP contribution in [0.4, 0.5) is 4.79 Å². The maximum atomic E-state index is 12.8. The van der Waals surface area contributed by atoms with Crippen molar-refractivity contribution in [2.45, 2.75) is 53.2 Å². The van der Waals surface area contributed by atoms with Crippen LogP contribution in [0.25, 0.3) is 5.69 Å². The molecule has 1 aromatic heterocycles. The maximum absolute atomic E-state index is 12.8. The van der Waals surface area contributed by atoms with Crippen molar-refractivity contribution in [1.82, 2.24) is 20.0 Å². The summed E-state index contributed by atoms with van der Waals surface area (Å²) in [5.41, 5.74) is 2.53. The Kier molecular flexibility index (Phi) is 7.23. The van der Waals surface area contributed by atoms with E-state index in [0.29, 0.717) is 23.2 Å². The number of aromatic nitrogens is 2. The number of carbonyl (C=O) groups is 1. The molecule has 6 nitrogen and oxygen atoms in total. The van der Waals surface area contributed by atoms with Gasteiger partial charge in [-0.25, -0.2) is 9.48 Å². The molecule has 7 heteroatoms. The number of benzene rings is 2. The van der Waals surface area contributed by atoms with Gasteiger partial charge in [0, 0.05) is 17.1 Å². The summed E-state index contributed by atoms with van der Waals surface area (Å²) < 4.78 is 8.07. The second kappa shape index (κ2) is 9.88. The lowest BCUT2D eigenvalue weighted by molar-refractivity contribution is 0.176. The summed E-state index contributed by atoms with van der Waals surface area (Å²) in [5.74, 6) is 1.22. The lowest BCUT2D eigenvalue weighted by atomic mass is 10.2. The molecule has 0 radical (unpaired) electrons. The number of carbonyl (C=O) groups excluding carboxylic acids is 1. The normalized spacial score (nSPS) is 11.1. The zero-order chi connectivity index (χ0) is 22.5. The molecule has 0 fully saturated rings. The first-order chi connectivity index (χ1) is 14.8. The number of halogens is 1. The highest BCUT2D eigenvalue weighted by atomic mass is 35.5. The number of nitrogens with one attached hydrogen (secondary N) is 1. The van der Waals surface area contributed by atoms with Crippen LogP contribution in [0.2, 0.25) is 5.02 Å². The van der Waals surface area contributed by atoms with Crippen molar-refractivity contribution in [3.8, 4) is 17.3 Å². The summed E-state index contributed by atoms with van der Waals surface area (Å²) >= 11 is 6.03. The molecule has 2 amide bonds. The van der Waals surface area contributed by atoms with E-state index >= 15 is 0 Å². The van der Waals surface area contributed by atoms with Gasteiger partial charge in [0.05, 0.1) is 23.5 Å². The molecule has 0 atom stereocenters. The van der Waals surface area contributed by atoms with Crippen LogP contribution in [0.1, 0.15) is 39.0 Å². The van der Waals surface area contributed by atoms with E-state index in [1.807, 2.05) is 77.1 Å². The average molecular weight is 441 g/mol. The van der Waals surface area contributed by atoms with Gasteiger partial charge in [-0.15, -0.1) is 0 Å². The van der Waals surface area contributed by atoms with Gasteiger partial charge >= 0.3 is 6.03 Å². The van der Waals surface area contributed by atoms with Crippen LogP contribution in [0.3, 0.4) is 0 Å². The minimum absolute atomic E-state index is 0.00149. The van der Waals surface area contributed by atoms with Gasteiger partial charge in [-0.3, -0.25) is 0 Å². The van der Waals surface area contributed by atoms with Crippen molar-refractivity contribution >= 4 is 17.6 Å². The predicted molar refractivity (Wildman–Crippen MR) is 124 cm³/mol. The largest absolute Gasteiger partial charge is 0.439 e. The third-order valence-corrected chi connectivity index (χ3v) is 5.04. The highest BCUT2D eigenvalue weighted by Gasteiger charge is 2.25. The summed E-state index contributed by atoms with van der Waals surface area (Å²) in [6, 6.07) is 16.9. The fourth-order valence-corrected chi connectivity index (χ4v) is 3.30. The molecule has 164 valence electrons. The molecule has 0 spiro atoms. The van der Waals surface area contributed by atoms with Gasteiger partial charge in [0.2, 0.25) is 5.88 Å². The molecule has 2 aromatic carbocycles. The van der Waals surface area contributed by atoms with Gasteiger partial charge in [0.15, 0.2) is 0 Å². The first-order valence-corrected chi connectivity index (χ1v) is 10.8. The van der Waals surface area contributed by atoms with Crippen LogP contribution in [0.15, 0.2) is 54.6 Å². The summed E-state index contributed by atoms with van der Waals surface area (Å²) in [4.78, 5) is 14.6. The Labute approximate surface area is 188 Å². The number of hydrogen-bond acceptors (Lipinski definition) is 3. The average Bonchev–Trinajstić information content (AvgIpc) is 3.02. The molecule has 0 bridgehead atoms. The first kappa shape index (κ1) is 22.7. The van der Waals surface area contributed by atoms with Crippen LogP contribution >= 0.6 is 11.6 Å². The monoisotopic (exact) mass is 440 g/mol. The summed E-state index contributed by atoms with van der Waals surface area (Å²) in [6.07, 6.45) is 0. The molecule has 1 N–H and O–H groups in total. The van der Waals surface area contributed by atoms with Crippen LogP contribution in [0.5, 0.6) is 11.6 Å². The van der Waals surface area contributed by atoms with E-state index < -0.39 is 0 Å². The molecule has 0 saturated heterocycles. The van der Waals surface area contributed by atoms with Gasteiger partial charge in [0.25, 0.3) is 0 Å². The second-order valence-electron chi connectivity index (χ2n) is 8.00. The van der Waals surface area contributed by atoms with Crippen molar-refractivity contribution in [3.63, 3.8) is 0 Å². The number of ether oxygens (including phenoxy) is 1. The van der Waals surface area contributed by atoms with Crippen LogP contribution in [0, 0.1) is 6.92 Å². The van der Waals surface area contributed by atoms with Gasteiger partial charge in [-0.05, 0) is 71.0 Å². The van der Waals surface area contributed by atoms with E-state index in [9.17, 15) is 4.79 Å².